The van der Waals surface area contributed by atoms with Gasteiger partial charge < -0.3 is 14.6 Å². The maximum atomic E-state index is 12.3. The first kappa shape index (κ1) is 17.0. The third-order valence-corrected chi connectivity index (χ3v) is 6.52. The van der Waals surface area contributed by atoms with Gasteiger partial charge in [-0.1, -0.05) is 6.07 Å². The number of aromatic nitrogens is 1. The number of pyridine rings is 1. The molecule has 3 aliphatic heterocycles. The number of non-ortho nitro benzene ring substituents is 1. The second-order valence-electron chi connectivity index (χ2n) is 7.95. The van der Waals surface area contributed by atoms with Gasteiger partial charge in [0.25, 0.3) is 11.2 Å². The fraction of sp³-hybridized carbons (Fsp3) is 0.400. The summed E-state index contributed by atoms with van der Waals surface area (Å²) in [6.07, 6.45) is 1.13. The summed E-state index contributed by atoms with van der Waals surface area (Å²) in [6.45, 7) is 1.12. The van der Waals surface area contributed by atoms with Crippen molar-refractivity contribution >= 4 is 17.3 Å². The highest BCUT2D eigenvalue weighted by molar-refractivity contribution is 5.76. The Morgan fingerprint density at radius 2 is 2.04 bits per heavy atom. The zero-order valence-electron chi connectivity index (χ0n) is 15.0. The minimum absolute atomic E-state index is 0.0181. The summed E-state index contributed by atoms with van der Waals surface area (Å²) >= 11 is 0. The normalized spacial score (nSPS) is 27.4. The number of piperidine rings is 1. The largest absolute Gasteiger partial charge is 0.481 e. The molecular weight excluding hydrogens is 362 g/mol. The minimum atomic E-state index is -0.892. The van der Waals surface area contributed by atoms with E-state index in [-0.39, 0.29) is 35.5 Å². The predicted octanol–water partition coefficient (Wildman–Crippen LogP) is 2.01. The molecule has 0 aliphatic carbocycles. The van der Waals surface area contributed by atoms with Crippen LogP contribution in [-0.4, -0.2) is 33.2 Å². The van der Waals surface area contributed by atoms with Crippen LogP contribution in [-0.2, 0) is 17.8 Å². The first-order valence-corrected chi connectivity index (χ1v) is 9.40. The first-order chi connectivity index (χ1) is 13.4. The molecular formula is C20H19N3O5. The molecule has 4 atom stereocenters. The zero-order chi connectivity index (χ0) is 19.6. The maximum absolute atomic E-state index is 12.3. The van der Waals surface area contributed by atoms with Crippen LogP contribution in [0, 0.1) is 22.0 Å². The fourth-order valence-electron chi connectivity index (χ4n) is 5.44. The van der Waals surface area contributed by atoms with Crippen LogP contribution in [0.2, 0.25) is 0 Å². The number of rotatable bonds is 2. The van der Waals surface area contributed by atoms with Crippen molar-refractivity contribution in [3.63, 3.8) is 0 Å². The van der Waals surface area contributed by atoms with Crippen LogP contribution in [0.25, 0.3) is 0 Å². The highest BCUT2D eigenvalue weighted by atomic mass is 16.6. The standard InChI is InChI=1S/C20H19N3O5/c24-18-3-1-2-16-12-6-13(10-21(16)18)19-15(20(25)26)8-11-7-14(23(27)28)4-5-17(11)22(19)9-12/h1-5,7,12-13,15,19H,6,8-10H2,(H,25,26)/t12-,13-,15+,19-/m1/s1. The molecule has 1 saturated heterocycles. The highest BCUT2D eigenvalue weighted by Crippen LogP contribution is 2.47. The Labute approximate surface area is 160 Å². The number of nitro groups is 1. The molecule has 0 amide bonds. The van der Waals surface area contributed by atoms with Crippen LogP contribution in [0.15, 0.2) is 41.2 Å². The lowest BCUT2D eigenvalue weighted by Crippen LogP contribution is -2.60. The van der Waals surface area contributed by atoms with E-state index < -0.39 is 16.8 Å². The molecule has 1 aromatic carbocycles. The van der Waals surface area contributed by atoms with E-state index in [0.29, 0.717) is 18.7 Å². The molecule has 2 bridgehead atoms. The lowest BCUT2D eigenvalue weighted by atomic mass is 9.70. The van der Waals surface area contributed by atoms with Gasteiger partial charge in [0.2, 0.25) is 0 Å². The third-order valence-electron chi connectivity index (χ3n) is 6.52. The number of hydrogen-bond donors (Lipinski definition) is 1. The molecule has 4 heterocycles. The first-order valence-electron chi connectivity index (χ1n) is 9.40. The zero-order valence-corrected chi connectivity index (χ0v) is 15.0. The maximum Gasteiger partial charge on any atom is 0.308 e. The van der Waals surface area contributed by atoms with Crippen LogP contribution in [0.3, 0.4) is 0 Å². The summed E-state index contributed by atoms with van der Waals surface area (Å²) in [5.74, 6) is -1.35. The summed E-state index contributed by atoms with van der Waals surface area (Å²) in [4.78, 5) is 37.3. The van der Waals surface area contributed by atoms with Crippen LogP contribution in [0.4, 0.5) is 11.4 Å². The van der Waals surface area contributed by atoms with E-state index in [2.05, 4.69) is 4.90 Å². The lowest BCUT2D eigenvalue weighted by Gasteiger charge is -2.53. The SMILES string of the molecule is O=C(O)[C@H]1Cc2cc([N+](=O)[O-])ccc2N2C[C@H]3C[C@H](Cn4c3cccc4=O)[C@H]12. The number of nitrogens with zero attached hydrogens (tertiary/aromatic N) is 3. The minimum Gasteiger partial charge on any atom is -0.481 e. The molecule has 0 radical (unpaired) electrons. The van der Waals surface area contributed by atoms with Gasteiger partial charge in [0.15, 0.2) is 0 Å². The number of fused-ring (bicyclic) bond motifs is 8. The predicted molar refractivity (Wildman–Crippen MR) is 101 cm³/mol. The number of benzene rings is 1. The van der Waals surface area contributed by atoms with Gasteiger partial charge in [0, 0.05) is 54.6 Å². The second kappa shape index (κ2) is 5.92. The van der Waals surface area contributed by atoms with Crippen molar-refractivity contribution in [3.05, 3.63) is 68.1 Å². The van der Waals surface area contributed by atoms with Gasteiger partial charge in [-0.2, -0.15) is 0 Å². The van der Waals surface area contributed by atoms with Gasteiger partial charge in [-0.05, 0) is 36.5 Å². The van der Waals surface area contributed by atoms with Crippen molar-refractivity contribution in [1.82, 2.24) is 4.57 Å². The summed E-state index contributed by atoms with van der Waals surface area (Å²) in [5.41, 5.74) is 2.52. The Morgan fingerprint density at radius 1 is 1.21 bits per heavy atom. The Balaban J connectivity index is 1.64. The van der Waals surface area contributed by atoms with Crippen molar-refractivity contribution in [3.8, 4) is 0 Å². The van der Waals surface area contributed by atoms with Crippen molar-refractivity contribution in [2.24, 2.45) is 11.8 Å². The van der Waals surface area contributed by atoms with Gasteiger partial charge >= 0.3 is 5.97 Å². The monoisotopic (exact) mass is 381 g/mol. The van der Waals surface area contributed by atoms with Gasteiger partial charge in [0.05, 0.1) is 10.8 Å². The van der Waals surface area contributed by atoms with E-state index in [4.69, 9.17) is 0 Å². The Morgan fingerprint density at radius 3 is 2.79 bits per heavy atom. The molecule has 2 aromatic rings. The smallest absolute Gasteiger partial charge is 0.308 e. The van der Waals surface area contributed by atoms with E-state index in [1.165, 1.54) is 12.1 Å². The van der Waals surface area contributed by atoms with Gasteiger partial charge in [0.1, 0.15) is 0 Å². The highest BCUT2D eigenvalue weighted by Gasteiger charge is 2.49. The number of carbonyl (C=O) groups is 1. The summed E-state index contributed by atoms with van der Waals surface area (Å²) in [6, 6.07) is 9.81. The molecule has 1 N–H and O–H groups in total. The average molecular weight is 381 g/mol. The van der Waals surface area contributed by atoms with Crippen molar-refractivity contribution in [2.45, 2.75) is 31.3 Å². The molecule has 3 aliphatic rings. The van der Waals surface area contributed by atoms with E-state index in [9.17, 15) is 24.8 Å². The quantitative estimate of drug-likeness (QED) is 0.630. The van der Waals surface area contributed by atoms with E-state index in [0.717, 1.165) is 17.8 Å². The number of carboxylic acid groups (broad SMARTS) is 1. The van der Waals surface area contributed by atoms with E-state index >= 15 is 0 Å². The number of aliphatic carboxylic acids is 1. The second-order valence-corrected chi connectivity index (χ2v) is 7.95. The fourth-order valence-corrected chi connectivity index (χ4v) is 5.44. The van der Waals surface area contributed by atoms with Crippen LogP contribution in [0.5, 0.6) is 0 Å². The van der Waals surface area contributed by atoms with Crippen molar-refractivity contribution in [2.75, 3.05) is 11.4 Å². The number of carboxylic acids is 1. The summed E-state index contributed by atoms with van der Waals surface area (Å²) in [7, 11) is 0. The molecule has 144 valence electrons. The molecule has 0 unspecified atom stereocenters. The summed E-state index contributed by atoms with van der Waals surface area (Å²) < 4.78 is 1.79. The molecule has 28 heavy (non-hydrogen) atoms. The van der Waals surface area contributed by atoms with E-state index in [1.807, 2.05) is 6.07 Å². The van der Waals surface area contributed by atoms with Gasteiger partial charge in [-0.3, -0.25) is 19.7 Å². The van der Waals surface area contributed by atoms with Gasteiger partial charge in [-0.15, -0.1) is 0 Å². The summed E-state index contributed by atoms with van der Waals surface area (Å²) in [5, 5.41) is 21.1. The number of anilines is 1. The molecule has 0 saturated carbocycles. The molecule has 0 spiro atoms. The average Bonchev–Trinajstić information content (AvgIpc) is 2.67. The number of hydrogen-bond acceptors (Lipinski definition) is 5. The topological polar surface area (TPSA) is 106 Å². The molecule has 8 nitrogen and oxygen atoms in total. The van der Waals surface area contributed by atoms with Crippen LogP contribution >= 0.6 is 0 Å². The molecule has 1 fully saturated rings. The van der Waals surface area contributed by atoms with Crippen LogP contribution in [0.1, 0.15) is 23.6 Å². The van der Waals surface area contributed by atoms with Crippen molar-refractivity contribution in [1.29, 1.82) is 0 Å². The molecule has 8 heteroatoms. The van der Waals surface area contributed by atoms with Crippen molar-refractivity contribution < 1.29 is 14.8 Å². The third kappa shape index (κ3) is 2.37. The lowest BCUT2D eigenvalue weighted by molar-refractivity contribution is -0.384. The van der Waals surface area contributed by atoms with Gasteiger partial charge in [-0.25, -0.2) is 0 Å². The molecule has 5 rings (SSSR count). The Bertz CT molecular complexity index is 1060. The Hall–Kier alpha value is -3.16. The number of nitro benzene ring substituents is 1. The Kier molecular flexibility index (Phi) is 3.59. The molecule has 1 aromatic heterocycles. The van der Waals surface area contributed by atoms with E-state index in [1.54, 1.807) is 22.8 Å². The van der Waals surface area contributed by atoms with Crippen LogP contribution < -0.4 is 10.5 Å².